The first-order valence-corrected chi connectivity index (χ1v) is 6.12. The van der Waals surface area contributed by atoms with Gasteiger partial charge < -0.3 is 10.6 Å². The molecule has 3 N–H and O–H groups in total. The van der Waals surface area contributed by atoms with E-state index in [1.54, 1.807) is 0 Å². The molecule has 1 rings (SSSR count). The van der Waals surface area contributed by atoms with Gasteiger partial charge in [-0.15, -0.1) is 0 Å². The van der Waals surface area contributed by atoms with Gasteiger partial charge in [0, 0.05) is 12.5 Å². The van der Waals surface area contributed by atoms with E-state index >= 15 is 0 Å². The van der Waals surface area contributed by atoms with Crippen molar-refractivity contribution in [3.05, 3.63) is 0 Å². The van der Waals surface area contributed by atoms with E-state index in [2.05, 4.69) is 18.9 Å². The SMILES string of the molecule is CC1CCC(N(C)CCCC(=N)N)CC1. The van der Waals surface area contributed by atoms with Gasteiger partial charge in [-0.1, -0.05) is 6.92 Å². The number of nitrogens with zero attached hydrogens (tertiary/aromatic N) is 1. The first kappa shape index (κ1) is 12.5. The summed E-state index contributed by atoms with van der Waals surface area (Å²) in [5.74, 6) is 1.24. The molecule has 0 heterocycles. The van der Waals surface area contributed by atoms with Gasteiger partial charge in [-0.3, -0.25) is 5.41 Å². The van der Waals surface area contributed by atoms with Crippen LogP contribution in [0.15, 0.2) is 0 Å². The van der Waals surface area contributed by atoms with Gasteiger partial charge in [-0.25, -0.2) is 0 Å². The lowest BCUT2D eigenvalue weighted by atomic mass is 9.87. The van der Waals surface area contributed by atoms with E-state index in [0.717, 1.165) is 31.3 Å². The molecular formula is C12H25N3. The van der Waals surface area contributed by atoms with E-state index in [-0.39, 0.29) is 0 Å². The monoisotopic (exact) mass is 211 g/mol. The lowest BCUT2D eigenvalue weighted by Gasteiger charge is -2.33. The van der Waals surface area contributed by atoms with Crippen molar-refractivity contribution in [2.75, 3.05) is 13.6 Å². The zero-order valence-corrected chi connectivity index (χ0v) is 10.1. The van der Waals surface area contributed by atoms with Crippen LogP contribution in [-0.2, 0) is 0 Å². The predicted molar refractivity (Wildman–Crippen MR) is 65.2 cm³/mol. The van der Waals surface area contributed by atoms with Crippen LogP contribution in [0, 0.1) is 11.3 Å². The van der Waals surface area contributed by atoms with E-state index in [9.17, 15) is 0 Å². The second kappa shape index (κ2) is 6.11. The van der Waals surface area contributed by atoms with E-state index in [0.29, 0.717) is 5.84 Å². The number of hydrogen-bond acceptors (Lipinski definition) is 2. The summed E-state index contributed by atoms with van der Waals surface area (Å²) in [5, 5.41) is 7.17. The minimum absolute atomic E-state index is 0.320. The molecule has 88 valence electrons. The number of nitrogens with two attached hydrogens (primary N) is 1. The largest absolute Gasteiger partial charge is 0.388 e. The molecule has 0 radical (unpaired) electrons. The standard InChI is InChI=1S/C12H25N3/c1-10-5-7-11(8-6-10)15(2)9-3-4-12(13)14/h10-11H,3-9H2,1-2H3,(H3,13,14). The van der Waals surface area contributed by atoms with Crippen molar-refractivity contribution in [3.8, 4) is 0 Å². The molecule has 15 heavy (non-hydrogen) atoms. The molecule has 0 unspecified atom stereocenters. The van der Waals surface area contributed by atoms with E-state index in [1.165, 1.54) is 25.7 Å². The average molecular weight is 211 g/mol. The van der Waals surface area contributed by atoms with E-state index in [4.69, 9.17) is 11.1 Å². The molecule has 0 saturated heterocycles. The van der Waals surface area contributed by atoms with Gasteiger partial charge in [0.15, 0.2) is 0 Å². The lowest BCUT2D eigenvalue weighted by molar-refractivity contribution is 0.169. The maximum absolute atomic E-state index is 7.17. The summed E-state index contributed by atoms with van der Waals surface area (Å²) in [7, 11) is 2.21. The zero-order chi connectivity index (χ0) is 11.3. The number of hydrogen-bond donors (Lipinski definition) is 2. The van der Waals surface area contributed by atoms with Gasteiger partial charge in [-0.05, 0) is 51.6 Å². The van der Waals surface area contributed by atoms with Crippen LogP contribution in [-0.4, -0.2) is 30.4 Å². The van der Waals surface area contributed by atoms with Gasteiger partial charge in [0.1, 0.15) is 0 Å². The molecule has 1 saturated carbocycles. The molecule has 0 amide bonds. The van der Waals surface area contributed by atoms with Crippen LogP contribution in [0.5, 0.6) is 0 Å². The number of rotatable bonds is 5. The van der Waals surface area contributed by atoms with E-state index < -0.39 is 0 Å². The summed E-state index contributed by atoms with van der Waals surface area (Å²) in [4.78, 5) is 2.45. The first-order valence-electron chi connectivity index (χ1n) is 6.12. The summed E-state index contributed by atoms with van der Waals surface area (Å²) >= 11 is 0. The van der Waals surface area contributed by atoms with Crippen LogP contribution < -0.4 is 5.73 Å². The maximum Gasteiger partial charge on any atom is 0.0905 e. The highest BCUT2D eigenvalue weighted by Crippen LogP contribution is 2.26. The molecule has 0 spiro atoms. The third-order valence-corrected chi connectivity index (χ3v) is 3.57. The fourth-order valence-electron chi connectivity index (χ4n) is 2.38. The Balaban J connectivity index is 2.16. The molecule has 3 heteroatoms. The fourth-order valence-corrected chi connectivity index (χ4v) is 2.38. The first-order chi connectivity index (χ1) is 7.09. The zero-order valence-electron chi connectivity index (χ0n) is 10.1. The topological polar surface area (TPSA) is 53.1 Å². The van der Waals surface area contributed by atoms with Crippen LogP contribution >= 0.6 is 0 Å². The molecule has 0 aromatic carbocycles. The van der Waals surface area contributed by atoms with Crippen molar-refractivity contribution in [1.29, 1.82) is 5.41 Å². The van der Waals surface area contributed by atoms with Crippen LogP contribution in [0.2, 0.25) is 0 Å². The van der Waals surface area contributed by atoms with Crippen LogP contribution in [0.1, 0.15) is 45.4 Å². The Kier molecular flexibility index (Phi) is 5.09. The summed E-state index contributed by atoms with van der Waals surface area (Å²) in [6.07, 6.45) is 7.21. The fraction of sp³-hybridized carbons (Fsp3) is 0.917. The van der Waals surface area contributed by atoms with Gasteiger partial charge in [0.2, 0.25) is 0 Å². The van der Waals surface area contributed by atoms with Gasteiger partial charge >= 0.3 is 0 Å². The van der Waals surface area contributed by atoms with Gasteiger partial charge in [0.05, 0.1) is 5.84 Å². The van der Waals surface area contributed by atoms with Gasteiger partial charge in [-0.2, -0.15) is 0 Å². The quantitative estimate of drug-likeness (QED) is 0.541. The Morgan fingerprint density at radius 3 is 2.47 bits per heavy atom. The molecule has 0 aliphatic heterocycles. The van der Waals surface area contributed by atoms with E-state index in [1.807, 2.05) is 0 Å². The molecule has 1 aliphatic carbocycles. The molecule has 0 aromatic heterocycles. The average Bonchev–Trinajstić information content (AvgIpc) is 2.18. The Labute approximate surface area is 93.5 Å². The number of nitrogens with one attached hydrogen (secondary N) is 1. The second-order valence-electron chi connectivity index (χ2n) is 5.02. The van der Waals surface area contributed by atoms with Crippen molar-refractivity contribution in [3.63, 3.8) is 0 Å². The van der Waals surface area contributed by atoms with Gasteiger partial charge in [0.25, 0.3) is 0 Å². The normalized spacial score (nSPS) is 26.9. The molecule has 3 nitrogen and oxygen atoms in total. The highest BCUT2D eigenvalue weighted by atomic mass is 15.1. The third-order valence-electron chi connectivity index (χ3n) is 3.57. The summed E-state index contributed by atoms with van der Waals surface area (Å²) in [6, 6.07) is 0.771. The van der Waals surface area contributed by atoms with Crippen molar-refractivity contribution >= 4 is 5.84 Å². The lowest BCUT2D eigenvalue weighted by Crippen LogP contribution is -2.35. The minimum Gasteiger partial charge on any atom is -0.388 e. The van der Waals surface area contributed by atoms with Crippen molar-refractivity contribution in [1.82, 2.24) is 4.90 Å². The Morgan fingerprint density at radius 2 is 1.93 bits per heavy atom. The van der Waals surface area contributed by atoms with Crippen molar-refractivity contribution in [2.45, 2.75) is 51.5 Å². The molecular weight excluding hydrogens is 186 g/mol. The number of amidine groups is 1. The maximum atomic E-state index is 7.17. The molecule has 1 aliphatic rings. The molecule has 0 bridgehead atoms. The highest BCUT2D eigenvalue weighted by Gasteiger charge is 2.20. The van der Waals surface area contributed by atoms with Crippen LogP contribution in [0.25, 0.3) is 0 Å². The van der Waals surface area contributed by atoms with Crippen LogP contribution in [0.3, 0.4) is 0 Å². The van der Waals surface area contributed by atoms with Crippen LogP contribution in [0.4, 0.5) is 0 Å². The van der Waals surface area contributed by atoms with Crippen molar-refractivity contribution < 1.29 is 0 Å². The Hall–Kier alpha value is -0.570. The highest BCUT2D eigenvalue weighted by molar-refractivity contribution is 5.76. The third kappa shape index (κ3) is 4.65. The smallest absolute Gasteiger partial charge is 0.0905 e. The molecule has 0 atom stereocenters. The summed E-state index contributed by atoms with van der Waals surface area (Å²) in [5.41, 5.74) is 5.34. The Bertz CT molecular complexity index is 195. The summed E-state index contributed by atoms with van der Waals surface area (Å²) < 4.78 is 0. The minimum atomic E-state index is 0.320. The Morgan fingerprint density at radius 1 is 1.33 bits per heavy atom. The molecule has 1 fully saturated rings. The van der Waals surface area contributed by atoms with Crippen molar-refractivity contribution in [2.24, 2.45) is 11.7 Å². The molecule has 0 aromatic rings. The second-order valence-corrected chi connectivity index (χ2v) is 5.02. The summed E-state index contributed by atoms with van der Waals surface area (Å²) in [6.45, 7) is 3.44. The predicted octanol–water partition coefficient (Wildman–Crippen LogP) is 2.21.